The summed E-state index contributed by atoms with van der Waals surface area (Å²) in [5, 5.41) is 2.99. The van der Waals surface area contributed by atoms with Crippen molar-refractivity contribution in [2.24, 2.45) is 0 Å². The van der Waals surface area contributed by atoms with E-state index in [1.807, 2.05) is 6.92 Å². The summed E-state index contributed by atoms with van der Waals surface area (Å²) >= 11 is 5.94. The number of carbonyl (C=O) groups is 1. The van der Waals surface area contributed by atoms with Crippen molar-refractivity contribution in [1.29, 1.82) is 0 Å². The van der Waals surface area contributed by atoms with Gasteiger partial charge >= 0.3 is 0 Å². The molecule has 1 amide bonds. The third kappa shape index (κ3) is 4.80. The number of rotatable bonds is 7. The van der Waals surface area contributed by atoms with Gasteiger partial charge in [-0.3, -0.25) is 4.79 Å². The van der Waals surface area contributed by atoms with Crippen LogP contribution in [0.4, 0.5) is 0 Å². The zero-order valence-corrected chi connectivity index (χ0v) is 14.8. The van der Waals surface area contributed by atoms with Crippen molar-refractivity contribution < 1.29 is 13.2 Å². The molecule has 0 aliphatic heterocycles. The Kier molecular flexibility index (Phi) is 6.36. The van der Waals surface area contributed by atoms with Crippen LogP contribution in [0, 0.1) is 0 Å². The van der Waals surface area contributed by atoms with Gasteiger partial charge in [0.05, 0.1) is 15.5 Å². The van der Waals surface area contributed by atoms with Gasteiger partial charge in [-0.25, -0.2) is 13.1 Å². The second kappa shape index (κ2) is 8.28. The zero-order valence-electron chi connectivity index (χ0n) is 13.3. The molecule has 0 saturated carbocycles. The average molecular weight is 367 g/mol. The molecule has 5 nitrogen and oxygen atoms in total. The van der Waals surface area contributed by atoms with Crippen LogP contribution in [0.5, 0.6) is 0 Å². The lowest BCUT2D eigenvalue weighted by molar-refractivity contribution is 0.0954. The Hall–Kier alpha value is -1.89. The van der Waals surface area contributed by atoms with Crippen molar-refractivity contribution in [3.8, 4) is 0 Å². The number of carbonyl (C=O) groups excluding carboxylic acids is 1. The van der Waals surface area contributed by atoms with Gasteiger partial charge < -0.3 is 5.32 Å². The Labute approximate surface area is 147 Å². The summed E-state index contributed by atoms with van der Waals surface area (Å²) in [5.41, 5.74) is 1.43. The molecule has 128 valence electrons. The fourth-order valence-corrected chi connectivity index (χ4v) is 3.34. The Balaban J connectivity index is 1.87. The van der Waals surface area contributed by atoms with E-state index in [0.29, 0.717) is 10.6 Å². The van der Waals surface area contributed by atoms with Gasteiger partial charge in [0.2, 0.25) is 10.0 Å². The van der Waals surface area contributed by atoms with Crippen molar-refractivity contribution in [1.82, 2.24) is 10.0 Å². The number of benzene rings is 2. The Bertz CT molecular complexity index is 805. The van der Waals surface area contributed by atoms with Gasteiger partial charge in [-0.05, 0) is 36.2 Å². The number of amides is 1. The van der Waals surface area contributed by atoms with Crippen LogP contribution in [-0.2, 0) is 16.4 Å². The van der Waals surface area contributed by atoms with E-state index in [9.17, 15) is 13.2 Å². The van der Waals surface area contributed by atoms with Gasteiger partial charge in [0.15, 0.2) is 0 Å². The molecule has 0 aliphatic rings. The summed E-state index contributed by atoms with van der Waals surface area (Å²) in [6.07, 6.45) is 0.849. The topological polar surface area (TPSA) is 75.3 Å². The molecule has 2 N–H and O–H groups in total. The molecule has 0 unspecified atom stereocenters. The minimum Gasteiger partial charge on any atom is -0.351 e. The molecule has 0 spiro atoms. The first kappa shape index (κ1) is 18.4. The molecule has 0 fully saturated rings. The Morgan fingerprint density at radius 1 is 1.04 bits per heavy atom. The van der Waals surface area contributed by atoms with Gasteiger partial charge in [0.25, 0.3) is 5.91 Å². The lowest BCUT2D eigenvalue weighted by Gasteiger charge is -2.09. The number of hydrogen-bond donors (Lipinski definition) is 2. The highest BCUT2D eigenvalue weighted by Crippen LogP contribution is 2.14. The van der Waals surface area contributed by atoms with E-state index in [0.717, 1.165) is 12.0 Å². The molecule has 0 aromatic heterocycles. The highest BCUT2D eigenvalue weighted by atomic mass is 35.5. The van der Waals surface area contributed by atoms with Crippen LogP contribution < -0.4 is 10.0 Å². The first-order valence-electron chi connectivity index (χ1n) is 7.55. The fraction of sp³-hybridized carbons (Fsp3) is 0.235. The standard InChI is InChI=1S/C17H19ClN2O3S/c1-2-13-7-9-14(10-8-13)24(22,23)20-12-11-19-17(21)15-5-3-4-6-16(15)18/h3-10,20H,2,11-12H2,1H3,(H,19,21). The van der Waals surface area contributed by atoms with Gasteiger partial charge in [-0.2, -0.15) is 0 Å². The number of aryl methyl sites for hydroxylation is 1. The molecule has 2 rings (SSSR count). The number of hydrogen-bond acceptors (Lipinski definition) is 3. The van der Waals surface area contributed by atoms with Gasteiger partial charge in [-0.1, -0.05) is 42.8 Å². The summed E-state index contributed by atoms with van der Waals surface area (Å²) < 4.78 is 26.8. The molecule has 2 aromatic rings. The predicted molar refractivity (Wildman–Crippen MR) is 94.8 cm³/mol. The number of halogens is 1. The Morgan fingerprint density at radius 2 is 1.71 bits per heavy atom. The van der Waals surface area contributed by atoms with Crippen molar-refractivity contribution in [2.45, 2.75) is 18.2 Å². The van der Waals surface area contributed by atoms with Crippen LogP contribution in [0.3, 0.4) is 0 Å². The molecule has 0 aliphatic carbocycles. The van der Waals surface area contributed by atoms with Crippen LogP contribution in [-0.4, -0.2) is 27.4 Å². The quantitative estimate of drug-likeness (QED) is 0.739. The molecule has 0 saturated heterocycles. The van der Waals surface area contributed by atoms with Gasteiger partial charge in [-0.15, -0.1) is 0 Å². The molecule has 0 heterocycles. The number of nitrogens with one attached hydrogen (secondary N) is 2. The third-order valence-corrected chi connectivity index (χ3v) is 5.27. The second-order valence-electron chi connectivity index (χ2n) is 5.13. The maximum Gasteiger partial charge on any atom is 0.252 e. The third-order valence-electron chi connectivity index (χ3n) is 3.46. The average Bonchev–Trinajstić information content (AvgIpc) is 2.59. The van der Waals surface area contributed by atoms with Gasteiger partial charge in [0.1, 0.15) is 0 Å². The SMILES string of the molecule is CCc1ccc(S(=O)(=O)NCCNC(=O)c2ccccc2Cl)cc1. The smallest absolute Gasteiger partial charge is 0.252 e. The monoisotopic (exact) mass is 366 g/mol. The van der Waals surface area contributed by atoms with Crippen molar-refractivity contribution in [2.75, 3.05) is 13.1 Å². The van der Waals surface area contributed by atoms with Crippen molar-refractivity contribution in [3.63, 3.8) is 0 Å². The molecule has 2 aromatic carbocycles. The first-order valence-corrected chi connectivity index (χ1v) is 9.41. The predicted octanol–water partition coefficient (Wildman–Crippen LogP) is 2.61. The molecular weight excluding hydrogens is 348 g/mol. The first-order chi connectivity index (χ1) is 11.4. The van der Waals surface area contributed by atoms with Crippen LogP contribution in [0.15, 0.2) is 53.4 Å². The van der Waals surface area contributed by atoms with Crippen molar-refractivity contribution >= 4 is 27.5 Å². The normalized spacial score (nSPS) is 11.2. The lowest BCUT2D eigenvalue weighted by Crippen LogP contribution is -2.34. The molecule has 0 atom stereocenters. The van der Waals surface area contributed by atoms with Gasteiger partial charge in [0, 0.05) is 13.1 Å². The number of sulfonamides is 1. The molecular formula is C17H19ClN2O3S. The van der Waals surface area contributed by atoms with Crippen LogP contribution >= 0.6 is 11.6 Å². The molecule has 0 radical (unpaired) electrons. The van der Waals surface area contributed by atoms with E-state index in [1.165, 1.54) is 0 Å². The van der Waals surface area contributed by atoms with Crippen LogP contribution in [0.25, 0.3) is 0 Å². The minimum absolute atomic E-state index is 0.0913. The highest BCUT2D eigenvalue weighted by molar-refractivity contribution is 7.89. The Morgan fingerprint density at radius 3 is 2.33 bits per heavy atom. The van der Waals surface area contributed by atoms with E-state index in [-0.39, 0.29) is 23.9 Å². The molecule has 24 heavy (non-hydrogen) atoms. The second-order valence-corrected chi connectivity index (χ2v) is 7.31. The summed E-state index contributed by atoms with van der Waals surface area (Å²) in [5.74, 6) is -0.341. The van der Waals surface area contributed by atoms with E-state index in [2.05, 4.69) is 10.0 Å². The zero-order chi connectivity index (χ0) is 17.6. The fourth-order valence-electron chi connectivity index (χ4n) is 2.09. The van der Waals surface area contributed by atoms with Crippen LogP contribution in [0.2, 0.25) is 5.02 Å². The maximum atomic E-state index is 12.2. The molecule has 7 heteroatoms. The minimum atomic E-state index is -3.58. The summed E-state index contributed by atoms with van der Waals surface area (Å²) in [6, 6.07) is 13.4. The summed E-state index contributed by atoms with van der Waals surface area (Å²) in [4.78, 5) is 12.2. The van der Waals surface area contributed by atoms with E-state index in [1.54, 1.807) is 48.5 Å². The van der Waals surface area contributed by atoms with E-state index in [4.69, 9.17) is 11.6 Å². The lowest BCUT2D eigenvalue weighted by atomic mass is 10.2. The van der Waals surface area contributed by atoms with Crippen LogP contribution in [0.1, 0.15) is 22.8 Å². The molecule has 0 bridgehead atoms. The van der Waals surface area contributed by atoms with E-state index < -0.39 is 10.0 Å². The maximum absolute atomic E-state index is 12.2. The summed E-state index contributed by atoms with van der Waals surface area (Å²) in [7, 11) is -3.58. The largest absolute Gasteiger partial charge is 0.351 e. The van der Waals surface area contributed by atoms with Crippen molar-refractivity contribution in [3.05, 3.63) is 64.7 Å². The highest BCUT2D eigenvalue weighted by Gasteiger charge is 2.14. The van der Waals surface area contributed by atoms with E-state index >= 15 is 0 Å². The summed E-state index contributed by atoms with van der Waals surface area (Å²) in [6.45, 7) is 2.26.